The standard InChI is InChI=1S/C19H25N3O3/c1-25-18-11-7-6-9-16(18)22-13-14(12-20-22)19(24)21-15-8-4-2-3-5-10-17(15)23/h6-7,9,11-13,15,17,23H,2-5,8,10H2,1H3,(H,21,24)/t15-,17-/m0/s1. The first-order chi connectivity index (χ1) is 12.2. The Bertz CT molecular complexity index is 713. The van der Waals surface area contributed by atoms with E-state index < -0.39 is 6.10 Å². The first-order valence-corrected chi connectivity index (χ1v) is 8.86. The van der Waals surface area contributed by atoms with Crippen molar-refractivity contribution in [2.24, 2.45) is 0 Å². The number of carbonyl (C=O) groups excluding carboxylic acids is 1. The Hall–Kier alpha value is -2.34. The average Bonchev–Trinajstić information content (AvgIpc) is 3.11. The predicted octanol–water partition coefficient (Wildman–Crippen LogP) is 2.69. The summed E-state index contributed by atoms with van der Waals surface area (Å²) in [5.41, 5.74) is 1.25. The SMILES string of the molecule is COc1ccccc1-n1cc(C(=O)N[C@H]2CCCCCC[C@@H]2O)cn1. The molecule has 2 N–H and O–H groups in total. The molecule has 0 saturated heterocycles. The highest BCUT2D eigenvalue weighted by Crippen LogP contribution is 2.22. The molecule has 1 aliphatic carbocycles. The Morgan fingerprint density at radius 2 is 2.00 bits per heavy atom. The van der Waals surface area contributed by atoms with Crippen LogP contribution in [0.3, 0.4) is 0 Å². The highest BCUT2D eigenvalue weighted by Gasteiger charge is 2.23. The van der Waals surface area contributed by atoms with Gasteiger partial charge >= 0.3 is 0 Å². The van der Waals surface area contributed by atoms with E-state index in [1.54, 1.807) is 18.0 Å². The number of nitrogens with one attached hydrogen (secondary N) is 1. The lowest BCUT2D eigenvalue weighted by Gasteiger charge is -2.26. The Kier molecular flexibility index (Phi) is 5.71. The molecule has 1 aromatic carbocycles. The normalized spacial score (nSPS) is 21.2. The average molecular weight is 343 g/mol. The van der Waals surface area contributed by atoms with Gasteiger partial charge < -0.3 is 15.2 Å². The Morgan fingerprint density at radius 3 is 2.80 bits per heavy atom. The molecule has 0 aliphatic heterocycles. The number of ether oxygens (including phenoxy) is 1. The van der Waals surface area contributed by atoms with Crippen LogP contribution in [-0.4, -0.2) is 40.0 Å². The summed E-state index contributed by atoms with van der Waals surface area (Å²) in [5.74, 6) is 0.485. The molecule has 1 aromatic heterocycles. The first kappa shape index (κ1) is 17.5. The second kappa shape index (κ2) is 8.16. The number of methoxy groups -OCH3 is 1. The third-order valence-corrected chi connectivity index (χ3v) is 4.72. The molecule has 6 nitrogen and oxygen atoms in total. The van der Waals surface area contributed by atoms with Crippen LogP contribution in [-0.2, 0) is 0 Å². The summed E-state index contributed by atoms with van der Waals surface area (Å²) in [7, 11) is 1.60. The van der Waals surface area contributed by atoms with Crippen LogP contribution < -0.4 is 10.1 Å². The minimum Gasteiger partial charge on any atom is -0.494 e. The molecule has 2 atom stereocenters. The van der Waals surface area contributed by atoms with Crippen molar-refractivity contribution in [1.82, 2.24) is 15.1 Å². The van der Waals surface area contributed by atoms with Crippen LogP contribution in [0.2, 0.25) is 0 Å². The lowest BCUT2D eigenvalue weighted by molar-refractivity contribution is 0.0771. The van der Waals surface area contributed by atoms with E-state index in [-0.39, 0.29) is 11.9 Å². The minimum atomic E-state index is -0.478. The number of aliphatic hydroxyl groups excluding tert-OH is 1. The van der Waals surface area contributed by atoms with Crippen LogP contribution in [0.1, 0.15) is 48.9 Å². The molecular weight excluding hydrogens is 318 g/mol. The summed E-state index contributed by atoms with van der Waals surface area (Å²) >= 11 is 0. The van der Waals surface area contributed by atoms with E-state index in [4.69, 9.17) is 4.74 Å². The second-order valence-electron chi connectivity index (χ2n) is 6.48. The number of para-hydroxylation sites is 2. The number of benzene rings is 1. The molecule has 3 rings (SSSR count). The van der Waals surface area contributed by atoms with Crippen molar-refractivity contribution in [2.75, 3.05) is 7.11 Å². The van der Waals surface area contributed by atoms with Crippen LogP contribution >= 0.6 is 0 Å². The van der Waals surface area contributed by atoms with Gasteiger partial charge in [0.25, 0.3) is 5.91 Å². The van der Waals surface area contributed by atoms with Crippen LogP contribution in [0.15, 0.2) is 36.7 Å². The van der Waals surface area contributed by atoms with Gasteiger partial charge in [-0.15, -0.1) is 0 Å². The largest absolute Gasteiger partial charge is 0.494 e. The molecule has 1 saturated carbocycles. The molecule has 134 valence electrons. The van der Waals surface area contributed by atoms with Gasteiger partial charge in [0, 0.05) is 6.20 Å². The highest BCUT2D eigenvalue weighted by atomic mass is 16.5. The maximum absolute atomic E-state index is 12.5. The van der Waals surface area contributed by atoms with Gasteiger partial charge in [0.15, 0.2) is 0 Å². The Labute approximate surface area is 147 Å². The van der Waals surface area contributed by atoms with Crippen LogP contribution in [0, 0.1) is 0 Å². The van der Waals surface area contributed by atoms with E-state index in [0.29, 0.717) is 11.3 Å². The maximum Gasteiger partial charge on any atom is 0.254 e. The molecule has 0 unspecified atom stereocenters. The number of hydrogen-bond acceptors (Lipinski definition) is 4. The van der Waals surface area contributed by atoms with E-state index in [0.717, 1.165) is 44.2 Å². The fourth-order valence-corrected chi connectivity index (χ4v) is 3.28. The van der Waals surface area contributed by atoms with Crippen molar-refractivity contribution in [2.45, 2.75) is 50.7 Å². The van der Waals surface area contributed by atoms with Gasteiger partial charge in [0.05, 0.1) is 31.0 Å². The molecule has 0 spiro atoms. The van der Waals surface area contributed by atoms with Crippen molar-refractivity contribution in [3.63, 3.8) is 0 Å². The third-order valence-electron chi connectivity index (χ3n) is 4.72. The number of aliphatic hydroxyl groups is 1. The van der Waals surface area contributed by atoms with Gasteiger partial charge in [-0.2, -0.15) is 5.10 Å². The number of aromatic nitrogens is 2. The molecule has 1 fully saturated rings. The topological polar surface area (TPSA) is 76.4 Å². The molecule has 0 radical (unpaired) electrons. The summed E-state index contributed by atoms with van der Waals surface area (Å²) < 4.78 is 6.96. The molecule has 2 aromatic rings. The molecule has 25 heavy (non-hydrogen) atoms. The van der Waals surface area contributed by atoms with E-state index in [2.05, 4.69) is 10.4 Å². The number of carbonyl (C=O) groups is 1. The number of nitrogens with zero attached hydrogens (tertiary/aromatic N) is 2. The molecule has 1 amide bonds. The van der Waals surface area contributed by atoms with Crippen molar-refractivity contribution in [3.05, 3.63) is 42.2 Å². The molecule has 0 bridgehead atoms. The molecular formula is C19H25N3O3. The van der Waals surface area contributed by atoms with E-state index in [9.17, 15) is 9.90 Å². The fraction of sp³-hybridized carbons (Fsp3) is 0.474. The number of rotatable bonds is 4. The van der Waals surface area contributed by atoms with Crippen molar-refractivity contribution in [1.29, 1.82) is 0 Å². The fourth-order valence-electron chi connectivity index (χ4n) is 3.28. The first-order valence-electron chi connectivity index (χ1n) is 8.86. The lowest BCUT2D eigenvalue weighted by atomic mass is 9.94. The highest BCUT2D eigenvalue weighted by molar-refractivity contribution is 5.94. The van der Waals surface area contributed by atoms with Gasteiger partial charge in [-0.3, -0.25) is 4.79 Å². The van der Waals surface area contributed by atoms with Gasteiger partial charge in [-0.25, -0.2) is 4.68 Å². The summed E-state index contributed by atoms with van der Waals surface area (Å²) in [5, 5.41) is 17.5. The van der Waals surface area contributed by atoms with E-state index in [1.165, 1.54) is 6.20 Å². The summed E-state index contributed by atoms with van der Waals surface area (Å²) in [6.07, 6.45) is 8.66. The number of hydrogen-bond donors (Lipinski definition) is 2. The van der Waals surface area contributed by atoms with Gasteiger partial charge in [-0.05, 0) is 25.0 Å². The Balaban J connectivity index is 1.72. The number of amides is 1. The predicted molar refractivity (Wildman–Crippen MR) is 95.1 cm³/mol. The van der Waals surface area contributed by atoms with Crippen LogP contribution in [0.5, 0.6) is 5.75 Å². The maximum atomic E-state index is 12.5. The van der Waals surface area contributed by atoms with E-state index >= 15 is 0 Å². The van der Waals surface area contributed by atoms with Gasteiger partial charge in [-0.1, -0.05) is 37.8 Å². The Morgan fingerprint density at radius 1 is 1.24 bits per heavy atom. The summed E-state index contributed by atoms with van der Waals surface area (Å²) in [6.45, 7) is 0. The minimum absolute atomic E-state index is 0.192. The zero-order valence-electron chi connectivity index (χ0n) is 14.5. The lowest BCUT2D eigenvalue weighted by Crippen LogP contribution is -2.43. The summed E-state index contributed by atoms with van der Waals surface area (Å²) in [6, 6.07) is 7.32. The van der Waals surface area contributed by atoms with Crippen LogP contribution in [0.25, 0.3) is 5.69 Å². The monoisotopic (exact) mass is 343 g/mol. The molecule has 1 heterocycles. The molecule has 1 aliphatic rings. The third kappa shape index (κ3) is 4.20. The van der Waals surface area contributed by atoms with Gasteiger partial charge in [0.1, 0.15) is 11.4 Å². The molecule has 6 heteroatoms. The zero-order chi connectivity index (χ0) is 17.6. The van der Waals surface area contributed by atoms with Crippen molar-refractivity contribution in [3.8, 4) is 11.4 Å². The quantitative estimate of drug-likeness (QED) is 0.895. The second-order valence-corrected chi connectivity index (χ2v) is 6.48. The smallest absolute Gasteiger partial charge is 0.254 e. The van der Waals surface area contributed by atoms with Crippen molar-refractivity contribution >= 4 is 5.91 Å². The van der Waals surface area contributed by atoms with E-state index in [1.807, 2.05) is 24.3 Å². The van der Waals surface area contributed by atoms with Crippen LogP contribution in [0.4, 0.5) is 0 Å². The van der Waals surface area contributed by atoms with Crippen molar-refractivity contribution < 1.29 is 14.6 Å². The summed E-state index contributed by atoms with van der Waals surface area (Å²) in [4.78, 5) is 12.5. The van der Waals surface area contributed by atoms with Gasteiger partial charge in [0.2, 0.25) is 0 Å². The zero-order valence-corrected chi connectivity index (χ0v) is 14.5.